The van der Waals surface area contributed by atoms with Gasteiger partial charge >= 0.3 is 0 Å². The number of guanidine groups is 1. The number of rotatable bonds is 7. The van der Waals surface area contributed by atoms with Gasteiger partial charge in [-0.25, -0.2) is 0 Å². The number of aliphatic imine (C=N–C) groups is 1. The maximum absolute atomic E-state index is 9.44. The summed E-state index contributed by atoms with van der Waals surface area (Å²) >= 11 is 0. The van der Waals surface area contributed by atoms with Gasteiger partial charge in [-0.2, -0.15) is 0 Å². The largest absolute Gasteiger partial charge is 0.396 e. The molecule has 0 bridgehead atoms. The summed E-state index contributed by atoms with van der Waals surface area (Å²) in [5, 5.41) is 16.6. The second-order valence-corrected chi connectivity index (χ2v) is 8.77. The van der Waals surface area contributed by atoms with E-state index < -0.39 is 0 Å². The van der Waals surface area contributed by atoms with Crippen molar-refractivity contribution in [3.63, 3.8) is 0 Å². The summed E-state index contributed by atoms with van der Waals surface area (Å²) in [6, 6.07) is 9.02. The highest BCUT2D eigenvalue weighted by Gasteiger charge is 2.36. The lowest BCUT2D eigenvalue weighted by atomic mass is 9.69. The van der Waals surface area contributed by atoms with Crippen LogP contribution in [0, 0.1) is 12.3 Å². The van der Waals surface area contributed by atoms with Crippen LogP contribution < -0.4 is 10.6 Å². The predicted octanol–water partition coefficient (Wildman–Crippen LogP) is 3.77. The van der Waals surface area contributed by atoms with Crippen LogP contribution >= 0.6 is 24.0 Å². The minimum absolute atomic E-state index is 0. The number of hydrogen-bond donors (Lipinski definition) is 3. The van der Waals surface area contributed by atoms with Crippen LogP contribution in [-0.4, -0.2) is 51.0 Å². The molecule has 5 nitrogen and oxygen atoms in total. The molecule has 29 heavy (non-hydrogen) atoms. The van der Waals surface area contributed by atoms with Crippen LogP contribution in [0.1, 0.15) is 56.1 Å². The normalized spacial score (nSPS) is 24.0. The van der Waals surface area contributed by atoms with E-state index in [1.54, 1.807) is 0 Å². The molecule has 0 aromatic heterocycles. The molecule has 1 unspecified atom stereocenters. The Kier molecular flexibility index (Phi) is 9.69. The van der Waals surface area contributed by atoms with Gasteiger partial charge in [0.15, 0.2) is 5.96 Å². The van der Waals surface area contributed by atoms with E-state index in [0.717, 1.165) is 38.5 Å². The van der Waals surface area contributed by atoms with Crippen molar-refractivity contribution in [2.75, 3.05) is 40.0 Å². The summed E-state index contributed by atoms with van der Waals surface area (Å²) in [5.74, 6) is 0.849. The first kappa shape index (κ1) is 24.4. The van der Waals surface area contributed by atoms with E-state index >= 15 is 0 Å². The standard InChI is InChI=1S/C23H37N3O2.HI/c1-19-7-6-8-20(15-19)23(9-4-3-5-10-23)17-26-21(24-2)25-16-22(11-13-27)12-14-28-18-22;/h6-8,15,27H,3-5,9-14,16-18H2,1-2H3,(H2,24,25,26);1H. The van der Waals surface area contributed by atoms with Crippen molar-refractivity contribution in [2.24, 2.45) is 10.4 Å². The average molecular weight is 515 g/mol. The second-order valence-electron chi connectivity index (χ2n) is 8.77. The van der Waals surface area contributed by atoms with Crippen molar-refractivity contribution in [2.45, 2.75) is 57.3 Å². The summed E-state index contributed by atoms with van der Waals surface area (Å²) in [4.78, 5) is 4.46. The van der Waals surface area contributed by atoms with Gasteiger partial charge in [-0.1, -0.05) is 49.1 Å². The van der Waals surface area contributed by atoms with Crippen LogP contribution in [0.3, 0.4) is 0 Å². The van der Waals surface area contributed by atoms with Crippen molar-refractivity contribution >= 4 is 29.9 Å². The van der Waals surface area contributed by atoms with Gasteiger partial charge in [-0.05, 0) is 38.2 Å². The third kappa shape index (κ3) is 6.31. The predicted molar refractivity (Wildman–Crippen MR) is 130 cm³/mol. The number of benzene rings is 1. The topological polar surface area (TPSA) is 65.9 Å². The lowest BCUT2D eigenvalue weighted by molar-refractivity contribution is 0.127. The number of aliphatic hydroxyl groups excluding tert-OH is 1. The van der Waals surface area contributed by atoms with Gasteiger partial charge in [0.1, 0.15) is 0 Å². The Morgan fingerprint density at radius 2 is 1.90 bits per heavy atom. The van der Waals surface area contributed by atoms with Crippen molar-refractivity contribution in [3.05, 3.63) is 35.4 Å². The van der Waals surface area contributed by atoms with E-state index in [-0.39, 0.29) is 41.4 Å². The van der Waals surface area contributed by atoms with Crippen LogP contribution in [-0.2, 0) is 10.2 Å². The lowest BCUT2D eigenvalue weighted by Gasteiger charge is -2.39. The molecular formula is C23H38IN3O2. The Morgan fingerprint density at radius 3 is 2.52 bits per heavy atom. The fourth-order valence-corrected chi connectivity index (χ4v) is 4.83. The Bertz CT molecular complexity index is 653. The van der Waals surface area contributed by atoms with Crippen LogP contribution in [0.5, 0.6) is 0 Å². The molecule has 3 rings (SSSR count). The zero-order valence-corrected chi connectivity index (χ0v) is 20.3. The van der Waals surface area contributed by atoms with Crippen LogP contribution in [0.4, 0.5) is 0 Å². The molecule has 1 aliphatic heterocycles. The van der Waals surface area contributed by atoms with Crippen LogP contribution in [0.2, 0.25) is 0 Å². The first-order valence-corrected chi connectivity index (χ1v) is 10.8. The average Bonchev–Trinajstić information content (AvgIpc) is 3.18. The molecule has 1 atom stereocenters. The zero-order valence-electron chi connectivity index (χ0n) is 18.0. The van der Waals surface area contributed by atoms with Crippen molar-refractivity contribution in [1.29, 1.82) is 0 Å². The van der Waals surface area contributed by atoms with Crippen molar-refractivity contribution in [1.82, 2.24) is 10.6 Å². The summed E-state index contributed by atoms with van der Waals surface area (Å²) in [7, 11) is 1.83. The van der Waals surface area contributed by atoms with Gasteiger partial charge in [0.05, 0.1) is 6.61 Å². The second kappa shape index (κ2) is 11.5. The molecule has 1 saturated carbocycles. The number of halogens is 1. The Balaban J connectivity index is 0.00000300. The highest BCUT2D eigenvalue weighted by atomic mass is 127. The maximum Gasteiger partial charge on any atom is 0.191 e. The van der Waals surface area contributed by atoms with Gasteiger partial charge in [0.25, 0.3) is 0 Å². The number of nitrogens with one attached hydrogen (secondary N) is 2. The van der Waals surface area contributed by atoms with E-state index in [2.05, 4.69) is 46.8 Å². The first-order valence-electron chi connectivity index (χ1n) is 10.8. The Hall–Kier alpha value is -0.860. The van der Waals surface area contributed by atoms with Crippen molar-refractivity contribution < 1.29 is 9.84 Å². The summed E-state index contributed by atoms with van der Waals surface area (Å²) in [6.45, 7) is 5.56. The number of aryl methyl sites for hydroxylation is 1. The highest BCUT2D eigenvalue weighted by Crippen LogP contribution is 2.39. The molecule has 3 N–H and O–H groups in total. The third-order valence-corrected chi connectivity index (χ3v) is 6.72. The monoisotopic (exact) mass is 515 g/mol. The summed E-state index contributed by atoms with van der Waals surface area (Å²) in [5.41, 5.74) is 2.99. The van der Waals surface area contributed by atoms with Gasteiger partial charge in [-0.3, -0.25) is 4.99 Å². The van der Waals surface area contributed by atoms with E-state index in [0.29, 0.717) is 6.61 Å². The van der Waals surface area contributed by atoms with Gasteiger partial charge in [0.2, 0.25) is 0 Å². The smallest absolute Gasteiger partial charge is 0.191 e. The molecular weight excluding hydrogens is 477 g/mol. The van der Waals surface area contributed by atoms with Crippen LogP contribution in [0.15, 0.2) is 29.3 Å². The fraction of sp³-hybridized carbons (Fsp3) is 0.696. The number of nitrogens with zero attached hydrogens (tertiary/aromatic N) is 1. The molecule has 2 aliphatic rings. The molecule has 164 valence electrons. The minimum Gasteiger partial charge on any atom is -0.396 e. The van der Waals surface area contributed by atoms with E-state index in [4.69, 9.17) is 4.74 Å². The number of aliphatic hydroxyl groups is 1. The fourth-order valence-electron chi connectivity index (χ4n) is 4.83. The zero-order chi connectivity index (χ0) is 19.9. The number of ether oxygens (including phenoxy) is 1. The van der Waals surface area contributed by atoms with E-state index in [9.17, 15) is 5.11 Å². The molecule has 1 aromatic carbocycles. The molecule has 0 amide bonds. The highest BCUT2D eigenvalue weighted by molar-refractivity contribution is 14.0. The third-order valence-electron chi connectivity index (χ3n) is 6.72. The Labute approximate surface area is 193 Å². The summed E-state index contributed by atoms with van der Waals surface area (Å²) < 4.78 is 5.61. The van der Waals surface area contributed by atoms with Gasteiger partial charge in [0, 0.05) is 44.2 Å². The molecule has 1 heterocycles. The summed E-state index contributed by atoms with van der Waals surface area (Å²) in [6.07, 6.45) is 8.13. The quantitative estimate of drug-likeness (QED) is 0.294. The van der Waals surface area contributed by atoms with Gasteiger partial charge < -0.3 is 20.5 Å². The van der Waals surface area contributed by atoms with E-state index in [1.807, 2.05) is 7.05 Å². The first-order chi connectivity index (χ1) is 13.6. The number of hydrogen-bond acceptors (Lipinski definition) is 3. The van der Waals surface area contributed by atoms with Crippen molar-refractivity contribution in [3.8, 4) is 0 Å². The Morgan fingerprint density at radius 1 is 1.14 bits per heavy atom. The maximum atomic E-state index is 9.44. The SMILES string of the molecule is CN=C(NCC1(CCO)CCOC1)NCC1(c2cccc(C)c2)CCCCC1.I. The van der Waals surface area contributed by atoms with Crippen LogP contribution in [0.25, 0.3) is 0 Å². The lowest BCUT2D eigenvalue weighted by Crippen LogP contribution is -2.49. The molecule has 6 heteroatoms. The molecule has 0 radical (unpaired) electrons. The molecule has 1 aliphatic carbocycles. The molecule has 0 spiro atoms. The molecule has 2 fully saturated rings. The van der Waals surface area contributed by atoms with E-state index in [1.165, 1.54) is 43.2 Å². The minimum atomic E-state index is 0. The van der Waals surface area contributed by atoms with Gasteiger partial charge in [-0.15, -0.1) is 24.0 Å². The molecule has 1 saturated heterocycles. The molecule has 1 aromatic rings.